The van der Waals surface area contributed by atoms with Crippen LogP contribution in [0, 0.1) is 0 Å². The number of imidazole rings is 1. The third-order valence-corrected chi connectivity index (χ3v) is 6.02. The molecule has 3 aromatic rings. The van der Waals surface area contributed by atoms with Crippen molar-refractivity contribution in [2.45, 2.75) is 48.7 Å². The number of hydrogen-bond acceptors (Lipinski definition) is 9. The number of aliphatic hydroxyl groups excluding tert-OH is 3. The van der Waals surface area contributed by atoms with Crippen LogP contribution in [0.3, 0.4) is 0 Å². The monoisotopic (exact) mass is 431 g/mol. The molecule has 1 aromatic carbocycles. The van der Waals surface area contributed by atoms with E-state index in [1.54, 1.807) is 16.3 Å². The van der Waals surface area contributed by atoms with E-state index < -0.39 is 31.1 Å². The van der Waals surface area contributed by atoms with Gasteiger partial charge in [-0.25, -0.2) is 15.0 Å². The molecule has 2 aromatic heterocycles. The SMILES string of the molecule is CCCNc1nc2c(SCc3ccccc3)ncnc2n1C1OC(CO)C(O)C1O. The molecule has 3 heterocycles. The first-order valence-electron chi connectivity index (χ1n) is 9.90. The minimum Gasteiger partial charge on any atom is -0.394 e. The van der Waals surface area contributed by atoms with Gasteiger partial charge >= 0.3 is 0 Å². The number of rotatable bonds is 8. The van der Waals surface area contributed by atoms with Crippen molar-refractivity contribution in [1.29, 1.82) is 0 Å². The number of nitrogens with one attached hydrogen (secondary N) is 1. The Morgan fingerprint density at radius 1 is 1.17 bits per heavy atom. The fraction of sp³-hybridized carbons (Fsp3) is 0.450. The van der Waals surface area contributed by atoms with Gasteiger partial charge in [0.2, 0.25) is 5.95 Å². The summed E-state index contributed by atoms with van der Waals surface area (Å²) in [5, 5.41) is 34.2. The largest absolute Gasteiger partial charge is 0.394 e. The van der Waals surface area contributed by atoms with Gasteiger partial charge in [-0.05, 0) is 12.0 Å². The van der Waals surface area contributed by atoms with Crippen LogP contribution in [0.25, 0.3) is 11.2 Å². The first kappa shape index (κ1) is 21.0. The number of fused-ring (bicyclic) bond motifs is 1. The second-order valence-corrected chi connectivity index (χ2v) is 8.05. The molecule has 0 amide bonds. The Kier molecular flexibility index (Phi) is 6.49. The molecule has 0 aliphatic carbocycles. The van der Waals surface area contributed by atoms with Crippen LogP contribution in [0.15, 0.2) is 41.7 Å². The maximum absolute atomic E-state index is 10.6. The molecule has 10 heteroatoms. The zero-order chi connectivity index (χ0) is 21.1. The molecule has 30 heavy (non-hydrogen) atoms. The molecule has 1 aliphatic heterocycles. The summed E-state index contributed by atoms with van der Waals surface area (Å²) < 4.78 is 7.38. The number of hydrogen-bond donors (Lipinski definition) is 4. The smallest absolute Gasteiger partial charge is 0.207 e. The first-order valence-corrected chi connectivity index (χ1v) is 10.9. The molecule has 4 atom stereocenters. The average Bonchev–Trinajstić information content (AvgIpc) is 3.28. The van der Waals surface area contributed by atoms with Crippen LogP contribution in [0.4, 0.5) is 5.95 Å². The number of aromatic nitrogens is 4. The van der Waals surface area contributed by atoms with Crippen LogP contribution in [0.5, 0.6) is 0 Å². The second kappa shape index (κ2) is 9.27. The van der Waals surface area contributed by atoms with Crippen LogP contribution in [0.1, 0.15) is 25.1 Å². The third-order valence-electron chi connectivity index (χ3n) is 4.97. The van der Waals surface area contributed by atoms with Crippen LogP contribution >= 0.6 is 11.8 Å². The summed E-state index contributed by atoms with van der Waals surface area (Å²) in [6, 6.07) is 10.1. The zero-order valence-electron chi connectivity index (χ0n) is 16.5. The molecule has 4 N–H and O–H groups in total. The Hall–Kier alpha value is -2.24. The van der Waals surface area contributed by atoms with Gasteiger partial charge in [-0.3, -0.25) is 4.57 Å². The summed E-state index contributed by atoms with van der Waals surface area (Å²) in [4.78, 5) is 13.5. The lowest BCUT2D eigenvalue weighted by molar-refractivity contribution is -0.0501. The van der Waals surface area contributed by atoms with Gasteiger partial charge < -0.3 is 25.4 Å². The van der Waals surface area contributed by atoms with Gasteiger partial charge in [0.05, 0.1) is 6.61 Å². The molecule has 0 radical (unpaired) electrons. The molecule has 4 rings (SSSR count). The van der Waals surface area contributed by atoms with E-state index in [2.05, 4.69) is 32.4 Å². The number of thioether (sulfide) groups is 1. The van der Waals surface area contributed by atoms with E-state index in [1.807, 2.05) is 25.1 Å². The van der Waals surface area contributed by atoms with E-state index in [0.717, 1.165) is 12.2 Å². The molecule has 0 saturated carbocycles. The predicted molar refractivity (Wildman–Crippen MR) is 113 cm³/mol. The minimum atomic E-state index is -1.22. The number of aliphatic hydroxyl groups is 3. The molecule has 4 unspecified atom stereocenters. The number of anilines is 1. The van der Waals surface area contributed by atoms with Crippen molar-refractivity contribution in [2.24, 2.45) is 0 Å². The van der Waals surface area contributed by atoms with Gasteiger partial charge in [0.25, 0.3) is 0 Å². The molecule has 9 nitrogen and oxygen atoms in total. The quantitative estimate of drug-likeness (QED) is 0.310. The summed E-state index contributed by atoms with van der Waals surface area (Å²) in [6.45, 7) is 2.30. The fourth-order valence-corrected chi connectivity index (χ4v) is 4.31. The van der Waals surface area contributed by atoms with E-state index in [4.69, 9.17) is 4.74 Å². The van der Waals surface area contributed by atoms with Crippen molar-refractivity contribution in [3.8, 4) is 0 Å². The normalized spacial score (nSPS) is 23.9. The zero-order valence-corrected chi connectivity index (χ0v) is 17.4. The highest BCUT2D eigenvalue weighted by Crippen LogP contribution is 2.36. The van der Waals surface area contributed by atoms with E-state index in [-0.39, 0.29) is 0 Å². The summed E-state index contributed by atoms with van der Waals surface area (Å²) >= 11 is 1.55. The number of ether oxygens (including phenoxy) is 1. The van der Waals surface area contributed by atoms with Crippen molar-refractivity contribution in [3.05, 3.63) is 42.2 Å². The Morgan fingerprint density at radius 3 is 2.67 bits per heavy atom. The van der Waals surface area contributed by atoms with Gasteiger partial charge in [0.1, 0.15) is 35.2 Å². The number of benzene rings is 1. The highest BCUT2D eigenvalue weighted by molar-refractivity contribution is 7.98. The van der Waals surface area contributed by atoms with Crippen LogP contribution < -0.4 is 5.32 Å². The topological polar surface area (TPSA) is 126 Å². The van der Waals surface area contributed by atoms with Gasteiger partial charge in [-0.1, -0.05) is 49.0 Å². The maximum atomic E-state index is 10.6. The van der Waals surface area contributed by atoms with Crippen molar-refractivity contribution in [1.82, 2.24) is 19.5 Å². The van der Waals surface area contributed by atoms with E-state index in [0.29, 0.717) is 28.7 Å². The van der Waals surface area contributed by atoms with E-state index in [9.17, 15) is 15.3 Å². The molecule has 1 fully saturated rings. The Labute approximate surface area is 178 Å². The number of nitrogens with zero attached hydrogens (tertiary/aromatic N) is 4. The summed E-state index contributed by atoms with van der Waals surface area (Å²) in [7, 11) is 0. The molecule has 0 bridgehead atoms. The van der Waals surface area contributed by atoms with Gasteiger partial charge in [0, 0.05) is 12.3 Å². The highest BCUT2D eigenvalue weighted by atomic mass is 32.2. The lowest BCUT2D eigenvalue weighted by atomic mass is 10.1. The first-order chi connectivity index (χ1) is 14.6. The van der Waals surface area contributed by atoms with Crippen molar-refractivity contribution in [3.63, 3.8) is 0 Å². The summed E-state index contributed by atoms with van der Waals surface area (Å²) in [6.07, 6.45) is -1.90. The minimum absolute atomic E-state index is 0.397. The van der Waals surface area contributed by atoms with E-state index >= 15 is 0 Å². The third kappa shape index (κ3) is 4.01. The Balaban J connectivity index is 1.71. The molecule has 1 saturated heterocycles. The standard InChI is InChI=1S/C20H25N5O4S/c1-2-8-21-20-24-14-17(25(20)19-16(28)15(27)13(9-26)29-19)22-11-23-18(14)30-10-12-6-4-3-5-7-12/h3-7,11,13,15-16,19,26-28H,2,8-10H2,1H3,(H,21,24). The van der Waals surface area contributed by atoms with Crippen LogP contribution in [-0.4, -0.2) is 66.3 Å². The van der Waals surface area contributed by atoms with Crippen molar-refractivity contribution >= 4 is 28.9 Å². The maximum Gasteiger partial charge on any atom is 0.207 e. The van der Waals surface area contributed by atoms with E-state index in [1.165, 1.54) is 11.9 Å². The van der Waals surface area contributed by atoms with Crippen LogP contribution in [-0.2, 0) is 10.5 Å². The summed E-state index contributed by atoms with van der Waals surface area (Å²) in [5.74, 6) is 1.20. The van der Waals surface area contributed by atoms with Crippen molar-refractivity contribution < 1.29 is 20.1 Å². The molecular weight excluding hydrogens is 406 g/mol. The predicted octanol–water partition coefficient (Wildman–Crippen LogP) is 1.55. The lowest BCUT2D eigenvalue weighted by Gasteiger charge is -2.19. The fourth-order valence-electron chi connectivity index (χ4n) is 3.42. The van der Waals surface area contributed by atoms with Crippen LogP contribution in [0.2, 0.25) is 0 Å². The van der Waals surface area contributed by atoms with Crippen molar-refractivity contribution in [2.75, 3.05) is 18.5 Å². The van der Waals surface area contributed by atoms with Gasteiger partial charge in [-0.2, -0.15) is 0 Å². The highest BCUT2D eigenvalue weighted by Gasteiger charge is 2.45. The molecule has 0 spiro atoms. The molecule has 160 valence electrons. The lowest BCUT2D eigenvalue weighted by Crippen LogP contribution is -2.33. The average molecular weight is 432 g/mol. The van der Waals surface area contributed by atoms with Gasteiger partial charge in [-0.15, -0.1) is 0 Å². The summed E-state index contributed by atoms with van der Waals surface area (Å²) in [5.41, 5.74) is 2.25. The molecule has 1 aliphatic rings. The van der Waals surface area contributed by atoms with Gasteiger partial charge in [0.15, 0.2) is 11.9 Å². The second-order valence-electron chi connectivity index (χ2n) is 7.09. The Morgan fingerprint density at radius 2 is 1.97 bits per heavy atom. The Bertz CT molecular complexity index is 986. The molecular formula is C20H25N5O4S.